The Morgan fingerprint density at radius 3 is 2.59 bits per heavy atom. The van der Waals surface area contributed by atoms with Crippen LogP contribution < -0.4 is 5.73 Å². The van der Waals surface area contributed by atoms with E-state index in [1.54, 1.807) is 0 Å². The Bertz CT molecular complexity index is 680. The van der Waals surface area contributed by atoms with Crippen molar-refractivity contribution in [1.29, 1.82) is 0 Å². The zero-order valence-electron chi connectivity index (χ0n) is 14.4. The number of imidazole rings is 1. The number of benzene rings is 1. The third kappa shape index (κ3) is 2.55. The van der Waals surface area contributed by atoms with Crippen LogP contribution in [0.4, 0.5) is 0 Å². The van der Waals surface area contributed by atoms with E-state index in [0.29, 0.717) is 12.0 Å². The molecule has 1 aromatic carbocycles. The number of rotatable bonds is 2. The Balaban J connectivity index is 2.00. The Kier molecular flexibility index (Phi) is 3.77. The van der Waals surface area contributed by atoms with Crippen LogP contribution in [0.15, 0.2) is 18.2 Å². The van der Waals surface area contributed by atoms with Crippen molar-refractivity contribution in [1.82, 2.24) is 14.5 Å². The van der Waals surface area contributed by atoms with Gasteiger partial charge in [0.15, 0.2) is 0 Å². The lowest BCUT2D eigenvalue weighted by molar-refractivity contribution is 0.314. The van der Waals surface area contributed by atoms with Crippen LogP contribution in [0.5, 0.6) is 0 Å². The van der Waals surface area contributed by atoms with Crippen molar-refractivity contribution in [3.8, 4) is 0 Å². The zero-order valence-corrected chi connectivity index (χ0v) is 14.4. The fourth-order valence-corrected chi connectivity index (χ4v) is 3.76. The molecule has 2 aromatic rings. The normalized spacial score (nSPS) is 23.5. The van der Waals surface area contributed by atoms with Crippen molar-refractivity contribution < 1.29 is 0 Å². The molecule has 120 valence electrons. The van der Waals surface area contributed by atoms with Gasteiger partial charge in [-0.3, -0.25) is 4.90 Å². The van der Waals surface area contributed by atoms with E-state index >= 15 is 0 Å². The van der Waals surface area contributed by atoms with Crippen LogP contribution in [0, 0.1) is 5.92 Å². The van der Waals surface area contributed by atoms with Gasteiger partial charge in [-0.1, -0.05) is 26.8 Å². The summed E-state index contributed by atoms with van der Waals surface area (Å²) in [5.74, 6) is 1.75. The van der Waals surface area contributed by atoms with E-state index in [-0.39, 0.29) is 5.41 Å². The second kappa shape index (κ2) is 5.36. The van der Waals surface area contributed by atoms with E-state index in [9.17, 15) is 0 Å². The SMILES string of the molecule is CN1CC(CN)CC1c1ccc2c(c1)nc(C(C)(C)C)n2C. The van der Waals surface area contributed by atoms with E-state index in [2.05, 4.69) is 62.5 Å². The molecular weight excluding hydrogens is 272 g/mol. The van der Waals surface area contributed by atoms with Crippen LogP contribution in [0.3, 0.4) is 0 Å². The average Bonchev–Trinajstić information content (AvgIpc) is 2.99. The minimum absolute atomic E-state index is 0.0583. The lowest BCUT2D eigenvalue weighted by Gasteiger charge is -2.19. The van der Waals surface area contributed by atoms with Gasteiger partial charge in [-0.25, -0.2) is 4.98 Å². The van der Waals surface area contributed by atoms with Gasteiger partial charge in [0.25, 0.3) is 0 Å². The molecule has 0 aliphatic carbocycles. The summed E-state index contributed by atoms with van der Waals surface area (Å²) in [5, 5.41) is 0. The highest BCUT2D eigenvalue weighted by molar-refractivity contribution is 5.77. The third-order valence-corrected chi connectivity index (χ3v) is 4.93. The molecule has 0 saturated carbocycles. The predicted molar refractivity (Wildman–Crippen MR) is 91.9 cm³/mol. The quantitative estimate of drug-likeness (QED) is 0.927. The molecule has 2 N–H and O–H groups in total. The molecule has 1 aliphatic rings. The van der Waals surface area contributed by atoms with E-state index < -0.39 is 0 Å². The maximum Gasteiger partial charge on any atom is 0.115 e. The molecule has 1 aromatic heterocycles. The maximum absolute atomic E-state index is 5.86. The summed E-state index contributed by atoms with van der Waals surface area (Å²) in [4.78, 5) is 7.32. The van der Waals surface area contributed by atoms with Gasteiger partial charge in [0, 0.05) is 25.0 Å². The molecule has 0 spiro atoms. The molecule has 4 nitrogen and oxygen atoms in total. The number of aryl methyl sites for hydroxylation is 1. The summed E-state index contributed by atoms with van der Waals surface area (Å²) >= 11 is 0. The fourth-order valence-electron chi connectivity index (χ4n) is 3.76. The van der Waals surface area contributed by atoms with E-state index in [4.69, 9.17) is 10.7 Å². The summed E-state index contributed by atoms with van der Waals surface area (Å²) < 4.78 is 2.22. The van der Waals surface area contributed by atoms with Crippen molar-refractivity contribution in [2.45, 2.75) is 38.6 Å². The molecule has 2 atom stereocenters. The summed E-state index contributed by atoms with van der Waals surface area (Å²) in [7, 11) is 4.31. The highest BCUT2D eigenvalue weighted by Crippen LogP contribution is 2.35. The number of nitrogens with two attached hydrogens (primary N) is 1. The number of fused-ring (bicyclic) bond motifs is 1. The van der Waals surface area contributed by atoms with Gasteiger partial charge in [0.05, 0.1) is 11.0 Å². The lowest BCUT2D eigenvalue weighted by Crippen LogP contribution is -2.20. The standard InChI is InChI=1S/C18H28N4/c1-18(2,3)17-20-14-9-13(6-7-15(14)22(17)5)16-8-12(10-19)11-21(16)4/h6-7,9,12,16H,8,10-11,19H2,1-5H3. The molecule has 1 saturated heterocycles. The monoisotopic (exact) mass is 300 g/mol. The number of nitrogens with zero attached hydrogens (tertiary/aromatic N) is 3. The van der Waals surface area contributed by atoms with Crippen molar-refractivity contribution in [2.24, 2.45) is 18.7 Å². The molecule has 3 rings (SSSR count). The summed E-state index contributed by atoms with van der Waals surface area (Å²) in [5.41, 5.74) is 9.60. The van der Waals surface area contributed by atoms with Crippen LogP contribution >= 0.6 is 0 Å². The Labute approximate surface area is 133 Å². The molecule has 0 radical (unpaired) electrons. The lowest BCUT2D eigenvalue weighted by atomic mass is 9.96. The first-order valence-electron chi connectivity index (χ1n) is 8.18. The largest absolute Gasteiger partial charge is 0.331 e. The van der Waals surface area contributed by atoms with Crippen molar-refractivity contribution in [3.05, 3.63) is 29.6 Å². The average molecular weight is 300 g/mol. The molecule has 0 bridgehead atoms. The van der Waals surface area contributed by atoms with E-state index in [0.717, 1.165) is 30.9 Å². The van der Waals surface area contributed by atoms with Gasteiger partial charge >= 0.3 is 0 Å². The number of hydrogen-bond acceptors (Lipinski definition) is 3. The molecule has 2 heterocycles. The highest BCUT2D eigenvalue weighted by atomic mass is 15.2. The van der Waals surface area contributed by atoms with E-state index in [1.807, 2.05) is 0 Å². The van der Waals surface area contributed by atoms with Gasteiger partial charge in [-0.2, -0.15) is 0 Å². The Hall–Kier alpha value is -1.39. The maximum atomic E-state index is 5.86. The van der Waals surface area contributed by atoms with Crippen molar-refractivity contribution >= 4 is 11.0 Å². The predicted octanol–water partition coefficient (Wildman–Crippen LogP) is 2.82. The number of aromatic nitrogens is 2. The molecule has 4 heteroatoms. The van der Waals surface area contributed by atoms with Crippen molar-refractivity contribution in [3.63, 3.8) is 0 Å². The topological polar surface area (TPSA) is 47.1 Å². The van der Waals surface area contributed by atoms with Gasteiger partial charge < -0.3 is 10.3 Å². The van der Waals surface area contributed by atoms with Crippen LogP contribution in [0.2, 0.25) is 0 Å². The van der Waals surface area contributed by atoms with Crippen LogP contribution in [-0.2, 0) is 12.5 Å². The molecule has 1 fully saturated rings. The minimum atomic E-state index is 0.0583. The van der Waals surface area contributed by atoms with Crippen LogP contribution in [-0.4, -0.2) is 34.6 Å². The van der Waals surface area contributed by atoms with Gasteiger partial charge in [0.1, 0.15) is 5.82 Å². The number of hydrogen-bond donors (Lipinski definition) is 1. The first-order chi connectivity index (χ1) is 10.3. The zero-order chi connectivity index (χ0) is 16.1. The highest BCUT2D eigenvalue weighted by Gasteiger charge is 2.30. The first kappa shape index (κ1) is 15.5. The van der Waals surface area contributed by atoms with Gasteiger partial charge in [0.2, 0.25) is 0 Å². The molecule has 0 amide bonds. The first-order valence-corrected chi connectivity index (χ1v) is 8.18. The smallest absolute Gasteiger partial charge is 0.115 e. The Morgan fingerprint density at radius 1 is 1.27 bits per heavy atom. The van der Waals surface area contributed by atoms with E-state index in [1.165, 1.54) is 11.1 Å². The molecule has 2 unspecified atom stereocenters. The molecule has 1 aliphatic heterocycles. The summed E-state index contributed by atoms with van der Waals surface area (Å²) in [6.45, 7) is 8.51. The second-order valence-electron chi connectivity index (χ2n) is 7.79. The summed E-state index contributed by atoms with van der Waals surface area (Å²) in [6.07, 6.45) is 1.15. The second-order valence-corrected chi connectivity index (χ2v) is 7.79. The van der Waals surface area contributed by atoms with Crippen LogP contribution in [0.1, 0.15) is 44.6 Å². The summed E-state index contributed by atoms with van der Waals surface area (Å²) in [6, 6.07) is 7.22. The minimum Gasteiger partial charge on any atom is -0.331 e. The number of likely N-dealkylation sites (tertiary alicyclic amines) is 1. The molecule has 22 heavy (non-hydrogen) atoms. The molecular formula is C18H28N4. The third-order valence-electron chi connectivity index (χ3n) is 4.93. The van der Waals surface area contributed by atoms with Crippen molar-refractivity contribution in [2.75, 3.05) is 20.1 Å². The fraction of sp³-hybridized carbons (Fsp3) is 0.611. The Morgan fingerprint density at radius 2 is 2.00 bits per heavy atom. The van der Waals surface area contributed by atoms with Gasteiger partial charge in [-0.15, -0.1) is 0 Å². The van der Waals surface area contributed by atoms with Crippen LogP contribution in [0.25, 0.3) is 11.0 Å². The van der Waals surface area contributed by atoms with Gasteiger partial charge in [-0.05, 0) is 43.6 Å².